The fourth-order valence-corrected chi connectivity index (χ4v) is 7.93. The van der Waals surface area contributed by atoms with Crippen LogP contribution >= 0.6 is 31.9 Å². The van der Waals surface area contributed by atoms with Crippen LogP contribution in [0.5, 0.6) is 0 Å². The van der Waals surface area contributed by atoms with Crippen molar-refractivity contribution in [2.24, 2.45) is 23.7 Å². The number of aromatic nitrogens is 6. The predicted octanol–water partition coefficient (Wildman–Crippen LogP) is 5.19. The van der Waals surface area contributed by atoms with Crippen molar-refractivity contribution in [1.29, 1.82) is 0 Å². The van der Waals surface area contributed by atoms with Gasteiger partial charge in [0.15, 0.2) is 0 Å². The summed E-state index contributed by atoms with van der Waals surface area (Å²) in [6, 6.07) is 4.19. The van der Waals surface area contributed by atoms with Crippen LogP contribution in [0.3, 0.4) is 0 Å². The van der Waals surface area contributed by atoms with E-state index in [1.165, 1.54) is 38.5 Å². The number of carbonyl (C=O) groups excluding carboxylic acids is 1. The molecule has 4 atom stereocenters. The third-order valence-electron chi connectivity index (χ3n) is 9.66. The molecule has 2 saturated carbocycles. The number of pyridine rings is 2. The molecule has 0 radical (unpaired) electrons. The average Bonchev–Trinajstić information content (AvgIpc) is 3.58. The number of aryl methyl sites for hydroxylation is 2. The fraction of sp³-hybridized carbons (Fsp3) is 0.455. The number of rotatable bonds is 8. The second-order valence-corrected chi connectivity index (χ2v) is 14.8. The second-order valence-electron chi connectivity index (χ2n) is 13.0. The molecule has 4 aromatic rings. The lowest BCUT2D eigenvalue weighted by Gasteiger charge is -2.22. The molecule has 47 heavy (non-hydrogen) atoms. The molecular weight excluding hydrogens is 732 g/mol. The normalized spacial score (nSPS) is 22.0. The minimum atomic E-state index is -0.963. The van der Waals surface area contributed by atoms with Crippen LogP contribution in [0.1, 0.15) is 56.1 Å². The number of nitrogens with zero attached hydrogens (tertiary/aromatic N) is 8. The molecule has 0 spiro atoms. The number of aromatic carboxylic acids is 1. The summed E-state index contributed by atoms with van der Waals surface area (Å²) >= 11 is 7.31. The van der Waals surface area contributed by atoms with Crippen LogP contribution in [0.15, 0.2) is 45.9 Å². The summed E-state index contributed by atoms with van der Waals surface area (Å²) < 4.78 is 10.1. The number of hydrogen-bond acceptors (Lipinski definition) is 9. The van der Waals surface area contributed by atoms with Gasteiger partial charge in [-0.05, 0) is 105 Å². The van der Waals surface area contributed by atoms with Crippen LogP contribution in [0.2, 0.25) is 0 Å². The standard InChI is InChI=1S/C17H19BrN4O2.C16H17BrN4O2/c1-10-11(8-22-9-14(5-19-22)17(23)24-2)4-15(18)16(20-10)21-6-12-3-13(12)7-21;1-9-10(7-21-8-13(4-18-21)16(22)23)3-14(17)15(19-9)20-5-11-2-12(11)6-20/h4-5,9,12-13H,3,6-8H2,1-2H3;3-4,8,11-12H,2,5-7H2,1H3,(H,22,23). The number of fused-ring (bicyclic) bond motifs is 2. The first-order chi connectivity index (χ1) is 22.6. The molecule has 2 aliphatic heterocycles. The van der Waals surface area contributed by atoms with E-state index in [4.69, 9.17) is 19.8 Å². The Morgan fingerprint density at radius 2 is 1.21 bits per heavy atom. The zero-order valence-corrected chi connectivity index (χ0v) is 29.6. The maximum absolute atomic E-state index is 11.5. The van der Waals surface area contributed by atoms with Gasteiger partial charge in [0.1, 0.15) is 11.6 Å². The van der Waals surface area contributed by atoms with Crippen molar-refractivity contribution in [3.05, 3.63) is 79.5 Å². The highest BCUT2D eigenvalue weighted by molar-refractivity contribution is 9.11. The van der Waals surface area contributed by atoms with Crippen LogP contribution in [-0.2, 0) is 17.8 Å². The lowest BCUT2D eigenvalue weighted by atomic mass is 10.2. The third kappa shape index (κ3) is 6.80. The van der Waals surface area contributed by atoms with E-state index in [9.17, 15) is 9.59 Å². The molecule has 0 aromatic carbocycles. The molecule has 2 saturated heterocycles. The van der Waals surface area contributed by atoms with E-state index in [1.54, 1.807) is 15.6 Å². The highest BCUT2D eigenvalue weighted by Gasteiger charge is 2.46. The maximum Gasteiger partial charge on any atom is 0.341 e. The summed E-state index contributed by atoms with van der Waals surface area (Å²) in [5, 5.41) is 17.3. The summed E-state index contributed by atoms with van der Waals surface area (Å²) in [4.78, 5) is 36.8. The Morgan fingerprint density at radius 1 is 0.787 bits per heavy atom. The molecule has 4 aromatic heterocycles. The van der Waals surface area contributed by atoms with Crippen LogP contribution < -0.4 is 9.80 Å². The van der Waals surface area contributed by atoms with Crippen LogP contribution in [0, 0.1) is 37.5 Å². The first-order valence-electron chi connectivity index (χ1n) is 15.7. The molecule has 8 rings (SSSR count). The van der Waals surface area contributed by atoms with Gasteiger partial charge in [-0.25, -0.2) is 19.6 Å². The largest absolute Gasteiger partial charge is 0.478 e. The zero-order valence-electron chi connectivity index (χ0n) is 26.4. The van der Waals surface area contributed by atoms with Gasteiger partial charge in [0.2, 0.25) is 0 Å². The Kier molecular flexibility index (Phi) is 8.58. The maximum atomic E-state index is 11.5. The minimum absolute atomic E-state index is 0.197. The number of esters is 1. The Labute approximate surface area is 289 Å². The quantitative estimate of drug-likeness (QED) is 0.239. The Balaban J connectivity index is 0.000000150. The number of hydrogen-bond donors (Lipinski definition) is 1. The lowest BCUT2D eigenvalue weighted by molar-refractivity contribution is 0.0599. The van der Waals surface area contributed by atoms with Crippen molar-refractivity contribution in [3.8, 4) is 0 Å². The first-order valence-corrected chi connectivity index (χ1v) is 17.3. The summed E-state index contributed by atoms with van der Waals surface area (Å²) in [7, 11) is 1.37. The van der Waals surface area contributed by atoms with Gasteiger partial charge in [0.25, 0.3) is 0 Å². The minimum Gasteiger partial charge on any atom is -0.478 e. The van der Waals surface area contributed by atoms with E-state index in [0.29, 0.717) is 18.7 Å². The molecule has 4 aliphatic rings. The van der Waals surface area contributed by atoms with Gasteiger partial charge in [0.05, 0.1) is 52.7 Å². The molecule has 6 heterocycles. The fourth-order valence-electron chi connectivity index (χ4n) is 6.70. The van der Waals surface area contributed by atoms with Crippen molar-refractivity contribution in [2.75, 3.05) is 43.1 Å². The Morgan fingerprint density at radius 3 is 1.62 bits per heavy atom. The number of anilines is 2. The number of ether oxygens (including phenoxy) is 1. The number of methoxy groups -OCH3 is 1. The van der Waals surface area contributed by atoms with Gasteiger partial charge in [0, 0.05) is 50.0 Å². The van der Waals surface area contributed by atoms with Gasteiger partial charge in [-0.3, -0.25) is 9.36 Å². The second kappa shape index (κ2) is 12.7. The molecular formula is C33H36Br2N8O4. The van der Waals surface area contributed by atoms with Crippen LogP contribution in [0.4, 0.5) is 11.6 Å². The topological polar surface area (TPSA) is 132 Å². The lowest BCUT2D eigenvalue weighted by Crippen LogP contribution is -2.24. The van der Waals surface area contributed by atoms with E-state index in [2.05, 4.69) is 64.0 Å². The Bertz CT molecular complexity index is 1840. The molecule has 4 fully saturated rings. The van der Waals surface area contributed by atoms with Gasteiger partial charge in [-0.2, -0.15) is 10.2 Å². The molecule has 4 unspecified atom stereocenters. The number of carboxylic acids is 1. The first kappa shape index (κ1) is 31.8. The number of carboxylic acid groups (broad SMARTS) is 1. The molecule has 12 nitrogen and oxygen atoms in total. The highest BCUT2D eigenvalue weighted by Crippen LogP contribution is 2.48. The average molecular weight is 769 g/mol. The monoisotopic (exact) mass is 766 g/mol. The molecule has 2 aliphatic carbocycles. The summed E-state index contributed by atoms with van der Waals surface area (Å²) in [5.41, 5.74) is 4.71. The molecule has 246 valence electrons. The van der Waals surface area contributed by atoms with Crippen molar-refractivity contribution in [2.45, 2.75) is 39.8 Å². The van der Waals surface area contributed by atoms with E-state index in [0.717, 1.165) is 92.9 Å². The number of carbonyl (C=O) groups is 2. The van der Waals surface area contributed by atoms with E-state index < -0.39 is 5.97 Å². The predicted molar refractivity (Wildman–Crippen MR) is 182 cm³/mol. The zero-order chi connectivity index (χ0) is 33.0. The van der Waals surface area contributed by atoms with Gasteiger partial charge >= 0.3 is 11.9 Å². The van der Waals surface area contributed by atoms with Crippen LogP contribution in [-0.4, -0.2) is 79.9 Å². The third-order valence-corrected chi connectivity index (χ3v) is 10.8. The van der Waals surface area contributed by atoms with E-state index >= 15 is 0 Å². The molecule has 0 amide bonds. The molecule has 0 bridgehead atoms. The van der Waals surface area contributed by atoms with E-state index in [-0.39, 0.29) is 11.5 Å². The van der Waals surface area contributed by atoms with Gasteiger partial charge in [-0.1, -0.05) is 0 Å². The van der Waals surface area contributed by atoms with Crippen molar-refractivity contribution < 1.29 is 19.4 Å². The molecule has 14 heteroatoms. The summed E-state index contributed by atoms with van der Waals surface area (Å²) in [6.07, 6.45) is 8.88. The smallest absolute Gasteiger partial charge is 0.341 e. The SMILES string of the molecule is COC(=O)c1cnn(Cc2cc(Br)c(N3CC4CC4C3)nc2C)c1.Cc1nc(N2CC3CC3C2)c(Br)cc1Cn1cc(C(=O)O)cn1. The van der Waals surface area contributed by atoms with Crippen molar-refractivity contribution in [1.82, 2.24) is 29.5 Å². The number of halogens is 2. The van der Waals surface area contributed by atoms with E-state index in [1.807, 2.05) is 13.8 Å². The van der Waals surface area contributed by atoms with Crippen molar-refractivity contribution in [3.63, 3.8) is 0 Å². The highest BCUT2D eigenvalue weighted by atomic mass is 79.9. The summed E-state index contributed by atoms with van der Waals surface area (Å²) in [5.74, 6) is 4.20. The number of piperidine rings is 2. The van der Waals surface area contributed by atoms with Crippen LogP contribution in [0.25, 0.3) is 0 Å². The van der Waals surface area contributed by atoms with Gasteiger partial charge < -0.3 is 19.6 Å². The van der Waals surface area contributed by atoms with Gasteiger partial charge in [-0.15, -0.1) is 0 Å². The Hall–Kier alpha value is -3.78. The van der Waals surface area contributed by atoms with Crippen molar-refractivity contribution >= 4 is 55.4 Å². The molecule has 1 N–H and O–H groups in total. The summed E-state index contributed by atoms with van der Waals surface area (Å²) in [6.45, 7) is 9.55.